The van der Waals surface area contributed by atoms with Crippen LogP contribution >= 0.6 is 0 Å². The molecule has 0 heterocycles. The molecule has 0 aromatic heterocycles. The van der Waals surface area contributed by atoms with Crippen molar-refractivity contribution in [2.75, 3.05) is 13.2 Å². The fraction of sp³-hybridized carbons (Fsp3) is 1.00. The third-order valence-electron chi connectivity index (χ3n) is 1.90. The first kappa shape index (κ1) is 11.9. The minimum absolute atomic E-state index is 0.0927. The van der Waals surface area contributed by atoms with E-state index in [-0.39, 0.29) is 6.61 Å². The van der Waals surface area contributed by atoms with E-state index in [0.717, 1.165) is 25.7 Å². The molecule has 0 aliphatic heterocycles. The number of aliphatic hydroxyl groups is 1. The lowest BCUT2D eigenvalue weighted by molar-refractivity contribution is -0.0770. The highest BCUT2D eigenvalue weighted by Crippen LogP contribution is 2.13. The normalized spacial score (nSPS) is 16.0. The van der Waals surface area contributed by atoms with Gasteiger partial charge in [-0.1, -0.05) is 19.8 Å². The maximum absolute atomic E-state index is 8.97. The number of nitrogens with two attached hydrogens (primary N) is 1. The van der Waals surface area contributed by atoms with Crippen LogP contribution in [0.3, 0.4) is 0 Å². The lowest BCUT2D eigenvalue weighted by Crippen LogP contribution is -2.46. The van der Waals surface area contributed by atoms with Crippen molar-refractivity contribution >= 4 is 0 Å². The van der Waals surface area contributed by atoms with Gasteiger partial charge >= 0.3 is 0 Å². The van der Waals surface area contributed by atoms with Crippen LogP contribution in [0.15, 0.2) is 0 Å². The number of ether oxygens (including phenoxy) is 1. The van der Waals surface area contributed by atoms with E-state index >= 15 is 0 Å². The zero-order chi connectivity index (χ0) is 9.45. The first-order valence-corrected chi connectivity index (χ1v) is 4.72. The fourth-order valence-corrected chi connectivity index (χ4v) is 1.16. The summed E-state index contributed by atoms with van der Waals surface area (Å²) in [6, 6.07) is 0. The van der Waals surface area contributed by atoms with Crippen molar-refractivity contribution in [2.24, 2.45) is 5.73 Å². The van der Waals surface area contributed by atoms with Gasteiger partial charge in [0.2, 0.25) is 0 Å². The smallest absolute Gasteiger partial charge is 0.139 e. The lowest BCUT2D eigenvalue weighted by Gasteiger charge is -2.26. The summed E-state index contributed by atoms with van der Waals surface area (Å²) in [6.45, 7) is 4.49. The Hall–Kier alpha value is -0.120. The average molecular weight is 175 g/mol. The second-order valence-corrected chi connectivity index (χ2v) is 3.11. The first-order valence-electron chi connectivity index (χ1n) is 4.72. The summed E-state index contributed by atoms with van der Waals surface area (Å²) in [4.78, 5) is 0. The summed E-state index contributed by atoms with van der Waals surface area (Å²) in [7, 11) is 0. The van der Waals surface area contributed by atoms with Crippen molar-refractivity contribution < 1.29 is 9.84 Å². The molecule has 1 atom stereocenters. The Morgan fingerprint density at radius 3 is 2.42 bits per heavy atom. The molecular formula is C9H21NO2. The van der Waals surface area contributed by atoms with Crippen molar-refractivity contribution in [2.45, 2.75) is 45.3 Å². The number of hydrogen-bond acceptors (Lipinski definition) is 3. The summed E-state index contributed by atoms with van der Waals surface area (Å²) in [5.41, 5.74) is 4.97. The largest absolute Gasteiger partial charge is 0.392 e. The third-order valence-corrected chi connectivity index (χ3v) is 1.90. The fourth-order valence-electron chi connectivity index (χ4n) is 1.16. The summed E-state index contributed by atoms with van der Waals surface area (Å²) in [5, 5.41) is 8.97. The molecule has 12 heavy (non-hydrogen) atoms. The number of unbranched alkanes of at least 4 members (excludes halogenated alkanes) is 2. The number of hydrogen-bond donors (Lipinski definition) is 2. The van der Waals surface area contributed by atoms with Gasteiger partial charge in [-0.2, -0.15) is 0 Å². The molecule has 74 valence electrons. The molecule has 3 nitrogen and oxygen atoms in total. The highest BCUT2D eigenvalue weighted by molar-refractivity contribution is 4.71. The van der Waals surface area contributed by atoms with Gasteiger partial charge in [0.05, 0.1) is 6.61 Å². The molecule has 1 unspecified atom stereocenters. The summed E-state index contributed by atoms with van der Waals surface area (Å²) in [5.74, 6) is 0. The van der Waals surface area contributed by atoms with E-state index < -0.39 is 5.72 Å². The van der Waals surface area contributed by atoms with Gasteiger partial charge in [0.25, 0.3) is 0 Å². The Labute approximate surface area is 74.9 Å². The topological polar surface area (TPSA) is 55.5 Å². The summed E-state index contributed by atoms with van der Waals surface area (Å²) < 4.78 is 5.25. The van der Waals surface area contributed by atoms with Crippen molar-refractivity contribution in [1.29, 1.82) is 0 Å². The van der Waals surface area contributed by atoms with E-state index in [1.165, 1.54) is 0 Å². The van der Waals surface area contributed by atoms with Gasteiger partial charge < -0.3 is 15.6 Å². The van der Waals surface area contributed by atoms with Crippen LogP contribution in [-0.4, -0.2) is 24.0 Å². The molecule has 0 aliphatic carbocycles. The van der Waals surface area contributed by atoms with E-state index in [1.54, 1.807) is 0 Å². The van der Waals surface area contributed by atoms with Crippen molar-refractivity contribution in [3.63, 3.8) is 0 Å². The molecule has 0 aromatic carbocycles. The van der Waals surface area contributed by atoms with Gasteiger partial charge in [0.1, 0.15) is 5.72 Å². The molecule has 3 heteroatoms. The Kier molecular flexibility index (Phi) is 6.34. The molecule has 0 rings (SSSR count). The monoisotopic (exact) mass is 175 g/mol. The Bertz CT molecular complexity index is 109. The van der Waals surface area contributed by atoms with E-state index in [2.05, 4.69) is 6.92 Å². The van der Waals surface area contributed by atoms with Gasteiger partial charge in [-0.15, -0.1) is 0 Å². The molecule has 0 saturated heterocycles. The molecular weight excluding hydrogens is 154 g/mol. The Morgan fingerprint density at radius 2 is 2.00 bits per heavy atom. The average Bonchev–Trinajstić information content (AvgIpc) is 2.06. The predicted molar refractivity (Wildman–Crippen MR) is 49.8 cm³/mol. The van der Waals surface area contributed by atoms with E-state index in [0.29, 0.717) is 6.61 Å². The molecule has 0 amide bonds. The van der Waals surface area contributed by atoms with Gasteiger partial charge in [-0.25, -0.2) is 0 Å². The lowest BCUT2D eigenvalue weighted by atomic mass is 10.1. The van der Waals surface area contributed by atoms with Crippen molar-refractivity contribution in [1.82, 2.24) is 0 Å². The van der Waals surface area contributed by atoms with Gasteiger partial charge in [0.15, 0.2) is 0 Å². The molecule has 0 bridgehead atoms. The maximum Gasteiger partial charge on any atom is 0.139 e. The van der Waals surface area contributed by atoms with Crippen LogP contribution < -0.4 is 5.73 Å². The SMILES string of the molecule is CCCCCC(N)(CO)OCC. The zero-order valence-electron chi connectivity index (χ0n) is 8.18. The van der Waals surface area contributed by atoms with Crippen LogP contribution in [-0.2, 0) is 4.74 Å². The highest BCUT2D eigenvalue weighted by atomic mass is 16.5. The standard InChI is InChI=1S/C9H21NO2/c1-3-5-6-7-9(10,8-11)12-4-2/h11H,3-8,10H2,1-2H3. The van der Waals surface area contributed by atoms with Crippen molar-refractivity contribution in [3.8, 4) is 0 Å². The van der Waals surface area contributed by atoms with Crippen LogP contribution in [0.5, 0.6) is 0 Å². The van der Waals surface area contributed by atoms with Gasteiger partial charge in [-0.3, -0.25) is 0 Å². The van der Waals surface area contributed by atoms with Crippen LogP contribution in [0.4, 0.5) is 0 Å². The van der Waals surface area contributed by atoms with Gasteiger partial charge in [-0.05, 0) is 19.8 Å². The molecule has 0 saturated carbocycles. The molecule has 0 spiro atoms. The quantitative estimate of drug-likeness (QED) is 0.452. The van der Waals surface area contributed by atoms with E-state index in [9.17, 15) is 0 Å². The number of aliphatic hydroxyl groups excluding tert-OH is 1. The predicted octanol–water partition coefficient (Wildman–Crippen LogP) is 1.25. The van der Waals surface area contributed by atoms with Crippen LogP contribution in [0, 0.1) is 0 Å². The molecule has 3 N–H and O–H groups in total. The van der Waals surface area contributed by atoms with Crippen LogP contribution in [0.2, 0.25) is 0 Å². The summed E-state index contributed by atoms with van der Waals surface area (Å²) >= 11 is 0. The van der Waals surface area contributed by atoms with Crippen molar-refractivity contribution in [3.05, 3.63) is 0 Å². The zero-order valence-corrected chi connectivity index (χ0v) is 8.18. The molecule has 0 fully saturated rings. The second kappa shape index (κ2) is 6.40. The Balaban J connectivity index is 3.63. The van der Waals surface area contributed by atoms with Crippen LogP contribution in [0.25, 0.3) is 0 Å². The van der Waals surface area contributed by atoms with E-state index in [4.69, 9.17) is 15.6 Å². The minimum atomic E-state index is -0.802. The van der Waals surface area contributed by atoms with Gasteiger partial charge in [0, 0.05) is 6.61 Å². The second-order valence-electron chi connectivity index (χ2n) is 3.11. The number of rotatable bonds is 7. The summed E-state index contributed by atoms with van der Waals surface area (Å²) in [6.07, 6.45) is 4.07. The maximum atomic E-state index is 8.97. The highest BCUT2D eigenvalue weighted by Gasteiger charge is 2.22. The molecule has 0 aliphatic rings. The molecule has 0 radical (unpaired) electrons. The molecule has 0 aromatic rings. The van der Waals surface area contributed by atoms with E-state index in [1.807, 2.05) is 6.92 Å². The third kappa shape index (κ3) is 4.70. The van der Waals surface area contributed by atoms with Crippen LogP contribution in [0.1, 0.15) is 39.5 Å². The first-order chi connectivity index (χ1) is 5.68. The Morgan fingerprint density at radius 1 is 1.33 bits per heavy atom. The minimum Gasteiger partial charge on any atom is -0.392 e.